The summed E-state index contributed by atoms with van der Waals surface area (Å²) in [6.45, 7) is 5.46. The fourth-order valence-corrected chi connectivity index (χ4v) is 2.26. The molecule has 0 bridgehead atoms. The van der Waals surface area contributed by atoms with E-state index in [-0.39, 0.29) is 5.97 Å². The van der Waals surface area contributed by atoms with Crippen molar-refractivity contribution in [3.8, 4) is 0 Å². The summed E-state index contributed by atoms with van der Waals surface area (Å²) in [5, 5.41) is 3.31. The van der Waals surface area contributed by atoms with Crippen molar-refractivity contribution >= 4 is 5.97 Å². The molecule has 1 N–H and O–H groups in total. The zero-order valence-corrected chi connectivity index (χ0v) is 12.3. The summed E-state index contributed by atoms with van der Waals surface area (Å²) in [5.41, 5.74) is 0.124. The van der Waals surface area contributed by atoms with Crippen molar-refractivity contribution in [2.45, 2.75) is 19.4 Å². The van der Waals surface area contributed by atoms with Gasteiger partial charge in [0.1, 0.15) is 0 Å². The van der Waals surface area contributed by atoms with Crippen molar-refractivity contribution in [2.24, 2.45) is 0 Å². The Morgan fingerprint density at radius 1 is 1.26 bits per heavy atom. The molecular weight excluding hydrogens is 240 g/mol. The number of benzene rings is 1. The highest BCUT2D eigenvalue weighted by molar-refractivity contribution is 5.83. The highest BCUT2D eigenvalue weighted by atomic mass is 16.5. The third-order valence-corrected chi connectivity index (χ3v) is 2.92. The van der Waals surface area contributed by atoms with Crippen LogP contribution >= 0.6 is 0 Å². The van der Waals surface area contributed by atoms with Gasteiger partial charge in [-0.3, -0.25) is 5.32 Å². The number of nitrogens with zero attached hydrogens (tertiary/aromatic N) is 1. The summed E-state index contributed by atoms with van der Waals surface area (Å²) in [5.74, 6) is -0.225. The van der Waals surface area contributed by atoms with Crippen LogP contribution in [0.15, 0.2) is 30.3 Å². The second kappa shape index (κ2) is 7.26. The van der Waals surface area contributed by atoms with E-state index in [1.807, 2.05) is 63.2 Å². The van der Waals surface area contributed by atoms with Gasteiger partial charge in [-0.1, -0.05) is 37.3 Å². The third-order valence-electron chi connectivity index (χ3n) is 2.92. The van der Waals surface area contributed by atoms with Gasteiger partial charge in [-0.05, 0) is 33.1 Å². The molecule has 1 atom stereocenters. The normalized spacial score (nSPS) is 14.2. The lowest BCUT2D eigenvalue weighted by atomic mass is 9.89. The molecule has 0 aliphatic heterocycles. The number of esters is 1. The number of hydrogen-bond acceptors (Lipinski definition) is 4. The van der Waals surface area contributed by atoms with Gasteiger partial charge in [0, 0.05) is 6.54 Å². The van der Waals surface area contributed by atoms with E-state index in [9.17, 15) is 4.79 Å². The lowest BCUT2D eigenvalue weighted by Gasteiger charge is -2.35. The van der Waals surface area contributed by atoms with Gasteiger partial charge in [-0.15, -0.1) is 0 Å². The van der Waals surface area contributed by atoms with Crippen molar-refractivity contribution in [3.63, 3.8) is 0 Å². The first kappa shape index (κ1) is 15.7. The third kappa shape index (κ3) is 3.78. The molecule has 0 aliphatic rings. The van der Waals surface area contributed by atoms with Gasteiger partial charge in [0.2, 0.25) is 0 Å². The summed E-state index contributed by atoms with van der Waals surface area (Å²) in [6.07, 6.45) is 0. The SMILES string of the molecule is CCNC(CN(C)C)(C(=O)OCC)c1ccccc1. The summed E-state index contributed by atoms with van der Waals surface area (Å²) < 4.78 is 5.29. The number of carbonyl (C=O) groups excluding carboxylic acids is 1. The summed E-state index contributed by atoms with van der Waals surface area (Å²) in [7, 11) is 3.91. The van der Waals surface area contributed by atoms with E-state index in [1.165, 1.54) is 0 Å². The maximum atomic E-state index is 12.5. The van der Waals surface area contributed by atoms with Gasteiger partial charge in [-0.2, -0.15) is 0 Å². The van der Waals surface area contributed by atoms with E-state index in [2.05, 4.69) is 5.32 Å². The Balaban J connectivity index is 3.22. The number of carbonyl (C=O) groups is 1. The summed E-state index contributed by atoms with van der Waals surface area (Å²) in [4.78, 5) is 14.5. The van der Waals surface area contributed by atoms with E-state index < -0.39 is 5.54 Å². The van der Waals surface area contributed by atoms with Gasteiger partial charge in [0.25, 0.3) is 0 Å². The lowest BCUT2D eigenvalue weighted by Crippen LogP contribution is -2.56. The predicted molar refractivity (Wildman–Crippen MR) is 77.0 cm³/mol. The standard InChI is InChI=1S/C15H24N2O2/c1-5-16-15(12-17(3)4,14(18)19-6-2)13-10-8-7-9-11-13/h7-11,16H,5-6,12H2,1-4H3. The minimum Gasteiger partial charge on any atom is -0.464 e. The molecule has 0 spiro atoms. The zero-order valence-electron chi connectivity index (χ0n) is 12.3. The van der Waals surface area contributed by atoms with Crippen LogP contribution in [-0.2, 0) is 15.1 Å². The fraction of sp³-hybridized carbons (Fsp3) is 0.533. The largest absolute Gasteiger partial charge is 0.464 e. The first-order chi connectivity index (χ1) is 9.06. The topological polar surface area (TPSA) is 41.6 Å². The van der Waals surface area contributed by atoms with Crippen LogP contribution in [0.5, 0.6) is 0 Å². The van der Waals surface area contributed by atoms with Gasteiger partial charge >= 0.3 is 5.97 Å². The molecule has 106 valence electrons. The molecule has 1 rings (SSSR count). The van der Waals surface area contributed by atoms with Crippen LogP contribution in [0.2, 0.25) is 0 Å². The Morgan fingerprint density at radius 2 is 1.89 bits per heavy atom. The molecule has 1 aromatic carbocycles. The fourth-order valence-electron chi connectivity index (χ4n) is 2.26. The lowest BCUT2D eigenvalue weighted by molar-refractivity contribution is -0.152. The number of rotatable bonds is 7. The second-order valence-corrected chi connectivity index (χ2v) is 4.76. The van der Waals surface area contributed by atoms with Crippen LogP contribution in [0.1, 0.15) is 19.4 Å². The average molecular weight is 264 g/mol. The molecule has 0 heterocycles. The van der Waals surface area contributed by atoms with Crippen molar-refractivity contribution in [3.05, 3.63) is 35.9 Å². The van der Waals surface area contributed by atoms with E-state index in [0.717, 1.165) is 5.56 Å². The smallest absolute Gasteiger partial charge is 0.332 e. The van der Waals surface area contributed by atoms with Gasteiger partial charge in [0.05, 0.1) is 6.61 Å². The maximum Gasteiger partial charge on any atom is 0.332 e. The van der Waals surface area contributed by atoms with Crippen LogP contribution in [0.4, 0.5) is 0 Å². The van der Waals surface area contributed by atoms with E-state index in [0.29, 0.717) is 19.7 Å². The molecule has 0 aliphatic carbocycles. The van der Waals surface area contributed by atoms with E-state index in [1.54, 1.807) is 0 Å². The van der Waals surface area contributed by atoms with Crippen molar-refractivity contribution in [2.75, 3.05) is 33.8 Å². The average Bonchev–Trinajstić information content (AvgIpc) is 2.39. The molecule has 0 amide bonds. The van der Waals surface area contributed by atoms with Gasteiger partial charge in [-0.25, -0.2) is 4.79 Å². The first-order valence-corrected chi connectivity index (χ1v) is 6.69. The maximum absolute atomic E-state index is 12.5. The van der Waals surface area contributed by atoms with Crippen LogP contribution in [0, 0.1) is 0 Å². The molecular formula is C15H24N2O2. The quantitative estimate of drug-likeness (QED) is 0.760. The van der Waals surface area contributed by atoms with Gasteiger partial charge < -0.3 is 9.64 Å². The van der Waals surface area contributed by atoms with Crippen molar-refractivity contribution in [1.82, 2.24) is 10.2 Å². The predicted octanol–water partition coefficient (Wildman–Crippen LogP) is 1.62. The number of hydrogen-bond donors (Lipinski definition) is 1. The van der Waals surface area contributed by atoms with Crippen LogP contribution in [0.3, 0.4) is 0 Å². The molecule has 0 aromatic heterocycles. The molecule has 0 saturated heterocycles. The number of nitrogens with one attached hydrogen (secondary N) is 1. The highest BCUT2D eigenvalue weighted by Crippen LogP contribution is 2.24. The second-order valence-electron chi connectivity index (χ2n) is 4.76. The Labute approximate surface area is 115 Å². The monoisotopic (exact) mass is 264 g/mol. The van der Waals surface area contributed by atoms with Crippen LogP contribution < -0.4 is 5.32 Å². The minimum absolute atomic E-state index is 0.225. The molecule has 4 heteroatoms. The Bertz CT molecular complexity index is 392. The zero-order chi connectivity index (χ0) is 14.3. The van der Waals surface area contributed by atoms with Gasteiger partial charge in [0.15, 0.2) is 5.54 Å². The Hall–Kier alpha value is -1.39. The Morgan fingerprint density at radius 3 is 2.37 bits per heavy atom. The molecule has 1 unspecified atom stereocenters. The van der Waals surface area contributed by atoms with Crippen molar-refractivity contribution in [1.29, 1.82) is 0 Å². The highest BCUT2D eigenvalue weighted by Gasteiger charge is 2.41. The first-order valence-electron chi connectivity index (χ1n) is 6.69. The minimum atomic E-state index is -0.810. The Kier molecular flexibility index (Phi) is 5.99. The van der Waals surface area contributed by atoms with Crippen molar-refractivity contribution < 1.29 is 9.53 Å². The number of ether oxygens (including phenoxy) is 1. The molecule has 0 radical (unpaired) electrons. The molecule has 0 fully saturated rings. The van der Waals surface area contributed by atoms with E-state index in [4.69, 9.17) is 4.74 Å². The van der Waals surface area contributed by atoms with Crippen LogP contribution in [-0.4, -0.2) is 44.7 Å². The number of likely N-dealkylation sites (N-methyl/N-ethyl adjacent to an activating group) is 2. The van der Waals surface area contributed by atoms with Crippen LogP contribution in [0.25, 0.3) is 0 Å². The molecule has 0 saturated carbocycles. The molecule has 1 aromatic rings. The molecule has 4 nitrogen and oxygen atoms in total. The summed E-state index contributed by atoms with van der Waals surface area (Å²) >= 11 is 0. The molecule has 19 heavy (non-hydrogen) atoms. The van der Waals surface area contributed by atoms with E-state index >= 15 is 0 Å². The summed E-state index contributed by atoms with van der Waals surface area (Å²) in [6, 6.07) is 9.75.